The number of alkyl halides is 3. The fourth-order valence-corrected chi connectivity index (χ4v) is 4.74. The molecule has 3 rings (SSSR count). The number of hydrogen-bond donors (Lipinski definition) is 3. The predicted molar refractivity (Wildman–Crippen MR) is 94.0 cm³/mol. The number of anilines is 1. The van der Waals surface area contributed by atoms with Crippen LogP contribution in [0.2, 0.25) is 0 Å². The second-order valence-electron chi connectivity index (χ2n) is 5.79. The molecule has 27 heavy (non-hydrogen) atoms. The molecule has 5 N–H and O–H groups in total. The van der Waals surface area contributed by atoms with Gasteiger partial charge in [-0.05, 0) is 31.2 Å². The molecule has 2 heterocycles. The normalized spacial score (nSPS) is 14.0. The fraction of sp³-hybridized carbons (Fsp3) is 0.429. The van der Waals surface area contributed by atoms with Crippen LogP contribution in [0.25, 0.3) is 0 Å². The van der Waals surface area contributed by atoms with Crippen LogP contribution in [0.1, 0.15) is 39.5 Å². The number of primary amides is 1. The number of carbonyl (C=O) groups excluding carboxylic acids is 2. The van der Waals surface area contributed by atoms with E-state index in [0.29, 0.717) is 22.3 Å². The summed E-state index contributed by atoms with van der Waals surface area (Å²) < 4.78 is 38.2. The van der Waals surface area contributed by atoms with Crippen LogP contribution in [0.5, 0.6) is 0 Å². The summed E-state index contributed by atoms with van der Waals surface area (Å²) in [4.78, 5) is 25.0. The van der Waals surface area contributed by atoms with Crippen LogP contribution in [0, 0.1) is 0 Å². The summed E-state index contributed by atoms with van der Waals surface area (Å²) in [7, 11) is 0. The lowest BCUT2D eigenvalue weighted by atomic mass is 9.95. The van der Waals surface area contributed by atoms with Crippen molar-refractivity contribution in [1.82, 2.24) is 14.9 Å². The molecule has 2 aromatic rings. The molecule has 8 nitrogen and oxygen atoms in total. The van der Waals surface area contributed by atoms with Crippen molar-refractivity contribution >= 4 is 39.9 Å². The number of aromatic nitrogens is 3. The van der Waals surface area contributed by atoms with E-state index < -0.39 is 23.8 Å². The van der Waals surface area contributed by atoms with Crippen LogP contribution < -0.4 is 16.9 Å². The molecule has 2 amide bonds. The Labute approximate surface area is 159 Å². The van der Waals surface area contributed by atoms with Gasteiger partial charge in [0.15, 0.2) is 0 Å². The van der Waals surface area contributed by atoms with Crippen molar-refractivity contribution in [2.75, 3.05) is 16.9 Å². The SMILES string of the molecule is NC(=O)c1c(NC(=O)CSc2nnc(C(F)(F)F)n2N)sc2c1CCCC2. The lowest BCUT2D eigenvalue weighted by Crippen LogP contribution is -2.22. The minimum atomic E-state index is -4.74. The molecule has 0 unspecified atom stereocenters. The van der Waals surface area contributed by atoms with Gasteiger partial charge in [-0.25, -0.2) is 4.68 Å². The first-order valence-electron chi connectivity index (χ1n) is 7.83. The van der Waals surface area contributed by atoms with Crippen LogP contribution in [0.3, 0.4) is 0 Å². The first kappa shape index (κ1) is 19.5. The lowest BCUT2D eigenvalue weighted by Gasteiger charge is -2.11. The molecule has 0 spiro atoms. The second kappa shape index (κ2) is 7.38. The monoisotopic (exact) mass is 420 g/mol. The average Bonchev–Trinajstić information content (AvgIpc) is 3.12. The third-order valence-electron chi connectivity index (χ3n) is 3.92. The number of thioether (sulfide) groups is 1. The Hall–Kier alpha value is -2.28. The topological polar surface area (TPSA) is 129 Å². The molecule has 0 aliphatic heterocycles. The number of nitrogen functional groups attached to an aromatic ring is 1. The largest absolute Gasteiger partial charge is 0.453 e. The van der Waals surface area contributed by atoms with E-state index in [1.54, 1.807) is 0 Å². The predicted octanol–water partition coefficient (Wildman–Crippen LogP) is 1.78. The van der Waals surface area contributed by atoms with E-state index in [0.717, 1.165) is 36.1 Å². The Morgan fingerprint density at radius 1 is 1.26 bits per heavy atom. The summed E-state index contributed by atoms with van der Waals surface area (Å²) >= 11 is 2.00. The number of carbonyl (C=O) groups is 2. The first-order chi connectivity index (χ1) is 12.7. The van der Waals surface area contributed by atoms with Gasteiger partial charge in [0.05, 0.1) is 11.3 Å². The fourth-order valence-electron chi connectivity index (χ4n) is 2.78. The minimum Gasteiger partial charge on any atom is -0.365 e. The molecular weight excluding hydrogens is 405 g/mol. The summed E-state index contributed by atoms with van der Waals surface area (Å²) in [6.07, 6.45) is -1.24. The van der Waals surface area contributed by atoms with Crippen LogP contribution in [-0.4, -0.2) is 32.4 Å². The first-order valence-corrected chi connectivity index (χ1v) is 9.63. The number of nitrogens with zero attached hydrogens (tertiary/aromatic N) is 3. The lowest BCUT2D eigenvalue weighted by molar-refractivity contribution is -0.146. The Kier molecular flexibility index (Phi) is 5.33. The smallest absolute Gasteiger partial charge is 0.365 e. The summed E-state index contributed by atoms with van der Waals surface area (Å²) in [6, 6.07) is 0. The molecule has 0 aromatic carbocycles. The van der Waals surface area contributed by atoms with Gasteiger partial charge in [0, 0.05) is 4.88 Å². The van der Waals surface area contributed by atoms with E-state index in [-0.39, 0.29) is 15.6 Å². The molecule has 1 aliphatic rings. The molecule has 0 saturated heterocycles. The van der Waals surface area contributed by atoms with Crippen molar-refractivity contribution in [1.29, 1.82) is 0 Å². The van der Waals surface area contributed by atoms with Gasteiger partial charge in [0.2, 0.25) is 11.1 Å². The van der Waals surface area contributed by atoms with E-state index in [2.05, 4.69) is 15.5 Å². The zero-order valence-electron chi connectivity index (χ0n) is 13.8. The van der Waals surface area contributed by atoms with Gasteiger partial charge in [0.1, 0.15) is 5.00 Å². The molecule has 0 atom stereocenters. The molecule has 13 heteroatoms. The van der Waals surface area contributed by atoms with Gasteiger partial charge in [-0.2, -0.15) is 13.2 Å². The van der Waals surface area contributed by atoms with Crippen molar-refractivity contribution in [3.05, 3.63) is 21.8 Å². The molecule has 0 saturated carbocycles. The van der Waals surface area contributed by atoms with Gasteiger partial charge in [-0.15, -0.1) is 21.5 Å². The second-order valence-corrected chi connectivity index (χ2v) is 7.84. The van der Waals surface area contributed by atoms with Crippen LogP contribution in [-0.2, 0) is 23.8 Å². The van der Waals surface area contributed by atoms with Crippen LogP contribution >= 0.6 is 23.1 Å². The number of nitrogens with two attached hydrogens (primary N) is 2. The highest BCUT2D eigenvalue weighted by molar-refractivity contribution is 7.99. The van der Waals surface area contributed by atoms with Crippen molar-refractivity contribution in [2.24, 2.45) is 5.73 Å². The number of aryl methyl sites for hydroxylation is 1. The maximum absolute atomic E-state index is 12.6. The van der Waals surface area contributed by atoms with Gasteiger partial charge in [0.25, 0.3) is 11.7 Å². The van der Waals surface area contributed by atoms with Crippen molar-refractivity contribution < 1.29 is 22.8 Å². The highest BCUT2D eigenvalue weighted by atomic mass is 32.2. The molecule has 0 bridgehead atoms. The number of halogens is 3. The molecule has 2 aromatic heterocycles. The maximum Gasteiger partial charge on any atom is 0.453 e. The Morgan fingerprint density at radius 3 is 2.59 bits per heavy atom. The van der Waals surface area contributed by atoms with Crippen molar-refractivity contribution in [2.45, 2.75) is 37.0 Å². The zero-order chi connectivity index (χ0) is 19.8. The Balaban J connectivity index is 1.70. The summed E-state index contributed by atoms with van der Waals surface area (Å²) in [5, 5.41) is 9.05. The van der Waals surface area contributed by atoms with E-state index in [1.807, 2.05) is 0 Å². The van der Waals surface area contributed by atoms with Crippen molar-refractivity contribution in [3.8, 4) is 0 Å². The van der Waals surface area contributed by atoms with Gasteiger partial charge in [-0.1, -0.05) is 11.8 Å². The Bertz CT molecular complexity index is 892. The van der Waals surface area contributed by atoms with Crippen LogP contribution in [0.4, 0.5) is 18.2 Å². The number of amides is 2. The summed E-state index contributed by atoms with van der Waals surface area (Å²) in [6.45, 7) is 0. The molecule has 1 aliphatic carbocycles. The Morgan fingerprint density at radius 2 is 1.96 bits per heavy atom. The number of nitrogens with one attached hydrogen (secondary N) is 1. The van der Waals surface area contributed by atoms with Gasteiger partial charge >= 0.3 is 6.18 Å². The molecular formula is C14H15F3N6O2S2. The highest BCUT2D eigenvalue weighted by Gasteiger charge is 2.38. The molecule has 146 valence electrons. The third-order valence-corrected chi connectivity index (χ3v) is 6.07. The third kappa shape index (κ3) is 4.03. The number of fused-ring (bicyclic) bond motifs is 1. The number of hydrogen-bond acceptors (Lipinski definition) is 7. The molecule has 0 radical (unpaired) electrons. The standard InChI is InChI=1S/C14H15F3N6O2S2/c15-14(16,17)12-21-22-13(23(12)19)26-5-8(24)20-11-9(10(18)25)6-3-1-2-4-7(6)27-11/h1-5,19H2,(H2,18,25)(H,20,24). The van der Waals surface area contributed by atoms with Gasteiger partial charge in [-0.3, -0.25) is 9.59 Å². The highest BCUT2D eigenvalue weighted by Crippen LogP contribution is 2.38. The van der Waals surface area contributed by atoms with Crippen molar-refractivity contribution in [3.63, 3.8) is 0 Å². The number of thiophene rings is 1. The summed E-state index contributed by atoms with van der Waals surface area (Å²) in [5.74, 6) is 2.58. The van der Waals surface area contributed by atoms with Gasteiger partial charge < -0.3 is 16.9 Å². The minimum absolute atomic E-state index is 0.252. The maximum atomic E-state index is 12.6. The van der Waals surface area contributed by atoms with E-state index in [1.165, 1.54) is 11.3 Å². The molecule has 0 fully saturated rings. The van der Waals surface area contributed by atoms with E-state index in [4.69, 9.17) is 11.6 Å². The summed E-state index contributed by atoms with van der Waals surface area (Å²) in [5.41, 5.74) is 6.64. The van der Waals surface area contributed by atoms with E-state index in [9.17, 15) is 22.8 Å². The van der Waals surface area contributed by atoms with E-state index >= 15 is 0 Å². The van der Waals surface area contributed by atoms with Crippen LogP contribution in [0.15, 0.2) is 5.16 Å². The zero-order valence-corrected chi connectivity index (χ0v) is 15.4. The quantitative estimate of drug-likeness (QED) is 0.500. The average molecular weight is 420 g/mol. The number of rotatable bonds is 5.